The Morgan fingerprint density at radius 1 is 1.14 bits per heavy atom. The van der Waals surface area contributed by atoms with E-state index in [0.717, 1.165) is 5.56 Å². The molecule has 0 saturated carbocycles. The highest BCUT2D eigenvalue weighted by Gasteiger charge is 2.10. The fourth-order valence-corrected chi connectivity index (χ4v) is 1.35. The molecule has 0 spiro atoms. The highest BCUT2D eigenvalue weighted by atomic mass is 16.3. The fourth-order valence-electron chi connectivity index (χ4n) is 1.35. The maximum Gasteiger partial charge on any atom is 0.0607 e. The standard InChI is InChI=1S/C11H17NO2/c1-9(12-11(7-13)8-14)10-5-3-2-4-6-10/h2-6,9,11-14H,7-8H2,1H3. The second-order valence-corrected chi connectivity index (χ2v) is 3.36. The highest BCUT2D eigenvalue weighted by Crippen LogP contribution is 2.11. The molecule has 0 saturated heterocycles. The third kappa shape index (κ3) is 3.10. The average molecular weight is 195 g/mol. The van der Waals surface area contributed by atoms with E-state index in [1.165, 1.54) is 0 Å². The van der Waals surface area contributed by atoms with Gasteiger partial charge in [-0.3, -0.25) is 0 Å². The molecule has 3 heteroatoms. The van der Waals surface area contributed by atoms with Crippen LogP contribution in [0.4, 0.5) is 0 Å². The zero-order valence-electron chi connectivity index (χ0n) is 8.35. The molecule has 1 aromatic carbocycles. The van der Waals surface area contributed by atoms with Crippen molar-refractivity contribution in [2.75, 3.05) is 13.2 Å². The van der Waals surface area contributed by atoms with Gasteiger partial charge in [-0.2, -0.15) is 0 Å². The largest absolute Gasteiger partial charge is 0.395 e. The number of aliphatic hydroxyl groups is 2. The van der Waals surface area contributed by atoms with E-state index in [1.807, 2.05) is 37.3 Å². The third-order valence-electron chi connectivity index (χ3n) is 2.23. The predicted molar refractivity (Wildman–Crippen MR) is 56.0 cm³/mol. The maximum atomic E-state index is 8.90. The number of benzene rings is 1. The van der Waals surface area contributed by atoms with Crippen LogP contribution < -0.4 is 5.32 Å². The second kappa shape index (κ2) is 5.75. The molecule has 0 bridgehead atoms. The van der Waals surface area contributed by atoms with Gasteiger partial charge in [0.15, 0.2) is 0 Å². The van der Waals surface area contributed by atoms with Crippen LogP contribution in [0.2, 0.25) is 0 Å². The van der Waals surface area contributed by atoms with Gasteiger partial charge in [-0.25, -0.2) is 0 Å². The van der Waals surface area contributed by atoms with Crippen LogP contribution in [0.5, 0.6) is 0 Å². The monoisotopic (exact) mass is 195 g/mol. The summed E-state index contributed by atoms with van der Waals surface area (Å²) in [5, 5.41) is 20.9. The zero-order chi connectivity index (χ0) is 10.4. The van der Waals surface area contributed by atoms with Crippen LogP contribution in [0.15, 0.2) is 30.3 Å². The summed E-state index contributed by atoms with van der Waals surface area (Å²) in [6.07, 6.45) is 0. The first-order chi connectivity index (χ1) is 6.77. The smallest absolute Gasteiger partial charge is 0.0607 e. The van der Waals surface area contributed by atoms with Gasteiger partial charge >= 0.3 is 0 Å². The summed E-state index contributed by atoms with van der Waals surface area (Å²) < 4.78 is 0. The SMILES string of the molecule is CC(NC(CO)CO)c1ccccc1. The van der Waals surface area contributed by atoms with Crippen LogP contribution in [0.3, 0.4) is 0 Å². The van der Waals surface area contributed by atoms with Gasteiger partial charge in [0.05, 0.1) is 19.3 Å². The van der Waals surface area contributed by atoms with E-state index in [4.69, 9.17) is 10.2 Å². The summed E-state index contributed by atoms with van der Waals surface area (Å²) >= 11 is 0. The van der Waals surface area contributed by atoms with Crippen molar-refractivity contribution in [3.8, 4) is 0 Å². The number of hydrogen-bond donors (Lipinski definition) is 3. The lowest BCUT2D eigenvalue weighted by molar-refractivity contribution is 0.163. The summed E-state index contributed by atoms with van der Waals surface area (Å²) in [7, 11) is 0. The van der Waals surface area contributed by atoms with Gasteiger partial charge in [-0.05, 0) is 12.5 Å². The Bertz CT molecular complexity index is 247. The molecule has 0 amide bonds. The molecule has 0 fully saturated rings. The summed E-state index contributed by atoms with van der Waals surface area (Å²) in [5.41, 5.74) is 1.15. The molecule has 14 heavy (non-hydrogen) atoms. The predicted octanol–water partition coefficient (Wildman–Crippen LogP) is 0.690. The summed E-state index contributed by atoms with van der Waals surface area (Å²) in [4.78, 5) is 0. The number of nitrogens with one attached hydrogen (secondary N) is 1. The van der Waals surface area contributed by atoms with E-state index in [2.05, 4.69) is 5.32 Å². The molecule has 3 nitrogen and oxygen atoms in total. The summed E-state index contributed by atoms with van der Waals surface area (Å²) in [6, 6.07) is 9.84. The second-order valence-electron chi connectivity index (χ2n) is 3.36. The fraction of sp³-hybridized carbons (Fsp3) is 0.455. The van der Waals surface area contributed by atoms with Crippen LogP contribution in [0.1, 0.15) is 18.5 Å². The van der Waals surface area contributed by atoms with Gasteiger partial charge in [0, 0.05) is 6.04 Å². The Morgan fingerprint density at radius 3 is 2.21 bits per heavy atom. The molecular formula is C11H17NO2. The van der Waals surface area contributed by atoms with E-state index in [0.29, 0.717) is 0 Å². The van der Waals surface area contributed by atoms with Crippen molar-refractivity contribution in [3.05, 3.63) is 35.9 Å². The molecule has 0 aliphatic heterocycles. The minimum atomic E-state index is -0.245. The Kier molecular flexibility index (Phi) is 4.59. The molecule has 78 valence electrons. The molecule has 0 heterocycles. The summed E-state index contributed by atoms with van der Waals surface area (Å²) in [6.45, 7) is 1.91. The molecule has 1 rings (SSSR count). The lowest BCUT2D eigenvalue weighted by Gasteiger charge is -2.20. The molecular weight excluding hydrogens is 178 g/mol. The van der Waals surface area contributed by atoms with E-state index in [9.17, 15) is 0 Å². The first-order valence-corrected chi connectivity index (χ1v) is 4.80. The normalized spacial score (nSPS) is 13.1. The van der Waals surface area contributed by atoms with Crippen LogP contribution >= 0.6 is 0 Å². The average Bonchev–Trinajstić information content (AvgIpc) is 2.26. The van der Waals surface area contributed by atoms with E-state index in [1.54, 1.807) is 0 Å². The van der Waals surface area contributed by atoms with E-state index >= 15 is 0 Å². The van der Waals surface area contributed by atoms with Crippen molar-refractivity contribution in [3.63, 3.8) is 0 Å². The van der Waals surface area contributed by atoms with Crippen molar-refractivity contribution in [1.82, 2.24) is 5.32 Å². The quantitative estimate of drug-likeness (QED) is 0.648. The Hall–Kier alpha value is -0.900. The molecule has 0 radical (unpaired) electrons. The lowest BCUT2D eigenvalue weighted by Crippen LogP contribution is -2.37. The molecule has 3 N–H and O–H groups in total. The molecule has 1 aromatic rings. The molecule has 1 unspecified atom stereocenters. The van der Waals surface area contributed by atoms with Gasteiger partial charge in [-0.15, -0.1) is 0 Å². The van der Waals surface area contributed by atoms with Crippen molar-refractivity contribution >= 4 is 0 Å². The van der Waals surface area contributed by atoms with Crippen LogP contribution in [-0.4, -0.2) is 29.5 Å². The van der Waals surface area contributed by atoms with Gasteiger partial charge < -0.3 is 15.5 Å². The zero-order valence-corrected chi connectivity index (χ0v) is 8.35. The molecule has 0 aliphatic rings. The van der Waals surface area contributed by atoms with Crippen LogP contribution in [0, 0.1) is 0 Å². The van der Waals surface area contributed by atoms with E-state index < -0.39 is 0 Å². The summed E-state index contributed by atoms with van der Waals surface area (Å²) in [5.74, 6) is 0. The van der Waals surface area contributed by atoms with Crippen molar-refractivity contribution in [1.29, 1.82) is 0 Å². The Morgan fingerprint density at radius 2 is 1.71 bits per heavy atom. The van der Waals surface area contributed by atoms with Gasteiger partial charge in [0.2, 0.25) is 0 Å². The van der Waals surface area contributed by atoms with Gasteiger partial charge in [0.1, 0.15) is 0 Å². The number of rotatable bonds is 5. The third-order valence-corrected chi connectivity index (χ3v) is 2.23. The molecule has 1 atom stereocenters. The lowest BCUT2D eigenvalue weighted by atomic mass is 10.1. The minimum absolute atomic E-state index is 0.0479. The molecule has 0 aromatic heterocycles. The van der Waals surface area contributed by atoms with E-state index in [-0.39, 0.29) is 25.3 Å². The van der Waals surface area contributed by atoms with Gasteiger partial charge in [0.25, 0.3) is 0 Å². The van der Waals surface area contributed by atoms with Crippen molar-refractivity contribution in [2.24, 2.45) is 0 Å². The molecule has 0 aliphatic carbocycles. The highest BCUT2D eigenvalue weighted by molar-refractivity contribution is 5.18. The Balaban J connectivity index is 2.54. The van der Waals surface area contributed by atoms with Gasteiger partial charge in [-0.1, -0.05) is 30.3 Å². The topological polar surface area (TPSA) is 52.5 Å². The van der Waals surface area contributed by atoms with Crippen molar-refractivity contribution < 1.29 is 10.2 Å². The van der Waals surface area contributed by atoms with Crippen molar-refractivity contribution in [2.45, 2.75) is 19.0 Å². The first-order valence-electron chi connectivity index (χ1n) is 4.80. The van der Waals surface area contributed by atoms with Crippen LogP contribution in [0.25, 0.3) is 0 Å². The Labute approximate surface area is 84.4 Å². The first kappa shape index (κ1) is 11.2. The van der Waals surface area contributed by atoms with Crippen LogP contribution in [-0.2, 0) is 0 Å². The number of hydrogen-bond acceptors (Lipinski definition) is 3. The maximum absolute atomic E-state index is 8.90. The number of aliphatic hydroxyl groups excluding tert-OH is 2. The minimum Gasteiger partial charge on any atom is -0.395 e.